The van der Waals surface area contributed by atoms with E-state index in [0.717, 1.165) is 18.2 Å². The number of nitrogens with zero attached hydrogens (tertiary/aromatic N) is 2. The highest BCUT2D eigenvalue weighted by atomic mass is 32.2. The van der Waals surface area contributed by atoms with E-state index in [1.54, 1.807) is 0 Å². The minimum Gasteiger partial charge on any atom is -0.506 e. The molecule has 0 amide bonds. The SMILES string of the molecule is Nc1ccc(N=Nc2cc(S(=O)(=O)O)c(O)c3ccc(S(=O)(=O)O)c(O)c23)c2cc(S(=O)(=O)O)ccc12. The summed E-state index contributed by atoms with van der Waals surface area (Å²) in [5, 5.41) is 28.0. The van der Waals surface area contributed by atoms with Crippen LogP contribution >= 0.6 is 0 Å². The molecule has 4 rings (SSSR count). The molecule has 4 aromatic rings. The molecule has 0 aliphatic carbocycles. The van der Waals surface area contributed by atoms with Crippen LogP contribution in [0.2, 0.25) is 0 Å². The van der Waals surface area contributed by atoms with Gasteiger partial charge in [-0.25, -0.2) is 0 Å². The summed E-state index contributed by atoms with van der Waals surface area (Å²) >= 11 is 0. The lowest BCUT2D eigenvalue weighted by atomic mass is 10.1. The Morgan fingerprint density at radius 3 is 1.78 bits per heavy atom. The van der Waals surface area contributed by atoms with E-state index < -0.39 is 73.0 Å². The van der Waals surface area contributed by atoms with Crippen molar-refractivity contribution in [3.63, 3.8) is 0 Å². The van der Waals surface area contributed by atoms with Gasteiger partial charge in [0.2, 0.25) is 0 Å². The van der Waals surface area contributed by atoms with Crippen LogP contribution in [0, 0.1) is 0 Å². The van der Waals surface area contributed by atoms with Crippen molar-refractivity contribution >= 4 is 69.0 Å². The summed E-state index contributed by atoms with van der Waals surface area (Å²) in [6.07, 6.45) is 0. The molecule has 14 nitrogen and oxygen atoms in total. The van der Waals surface area contributed by atoms with Crippen molar-refractivity contribution in [1.29, 1.82) is 0 Å². The van der Waals surface area contributed by atoms with E-state index in [1.807, 2.05) is 0 Å². The Balaban J connectivity index is 2.07. The Kier molecular flexibility index (Phi) is 6.10. The molecule has 0 spiro atoms. The molecule has 0 radical (unpaired) electrons. The van der Waals surface area contributed by atoms with Gasteiger partial charge < -0.3 is 15.9 Å². The van der Waals surface area contributed by atoms with Crippen molar-refractivity contribution in [2.45, 2.75) is 14.7 Å². The Morgan fingerprint density at radius 2 is 1.19 bits per heavy atom. The van der Waals surface area contributed by atoms with Gasteiger partial charge in [0.1, 0.15) is 21.3 Å². The zero-order valence-corrected chi connectivity index (χ0v) is 20.5. The smallest absolute Gasteiger partial charge is 0.298 e. The van der Waals surface area contributed by atoms with Crippen LogP contribution in [-0.2, 0) is 30.4 Å². The van der Waals surface area contributed by atoms with E-state index in [0.29, 0.717) is 17.5 Å². The Morgan fingerprint density at radius 1 is 0.595 bits per heavy atom. The third-order valence-corrected chi connectivity index (χ3v) is 7.87. The van der Waals surface area contributed by atoms with Crippen molar-refractivity contribution in [2.24, 2.45) is 10.2 Å². The molecule has 0 heterocycles. The molecule has 4 aromatic carbocycles. The number of anilines is 1. The number of phenols is 2. The fourth-order valence-corrected chi connectivity index (χ4v) is 5.31. The molecule has 7 N–H and O–H groups in total. The molecule has 0 aliphatic heterocycles. The molecule has 0 aromatic heterocycles. The van der Waals surface area contributed by atoms with Crippen LogP contribution in [0.4, 0.5) is 17.1 Å². The van der Waals surface area contributed by atoms with E-state index in [4.69, 9.17) is 5.73 Å². The third-order valence-electron chi connectivity index (χ3n) is 5.27. The minimum absolute atomic E-state index is 0.0604. The van der Waals surface area contributed by atoms with Gasteiger partial charge in [0.05, 0.1) is 21.7 Å². The standard InChI is InChI=1S/C20H15N3O11S3/c21-13-4-5-14(12-7-9(35(26,27)28)1-2-10(12)13)22-23-15-8-17(37(32,33)34)19(24)11-3-6-16(36(29,30)31)20(25)18(11)15/h1-8,24-25H,21H2,(H,26,27,28)(H,29,30,31)(H,32,33,34). The average molecular weight is 570 g/mol. The summed E-state index contributed by atoms with van der Waals surface area (Å²) in [5.41, 5.74) is 5.48. The Hall–Kier alpha value is -3.87. The van der Waals surface area contributed by atoms with Gasteiger partial charge in [-0.15, -0.1) is 10.2 Å². The maximum atomic E-state index is 11.8. The highest BCUT2D eigenvalue weighted by molar-refractivity contribution is 7.86. The molecule has 0 bridgehead atoms. The lowest BCUT2D eigenvalue weighted by Crippen LogP contribution is -2.01. The van der Waals surface area contributed by atoms with Crippen LogP contribution in [0.5, 0.6) is 11.5 Å². The highest BCUT2D eigenvalue weighted by Crippen LogP contribution is 2.45. The second-order valence-electron chi connectivity index (χ2n) is 7.58. The first-order valence-electron chi connectivity index (χ1n) is 9.68. The number of fused-ring (bicyclic) bond motifs is 2. The van der Waals surface area contributed by atoms with E-state index in [2.05, 4.69) is 10.2 Å². The van der Waals surface area contributed by atoms with Crippen LogP contribution in [0.1, 0.15) is 0 Å². The van der Waals surface area contributed by atoms with Gasteiger partial charge in [0.25, 0.3) is 30.4 Å². The first-order valence-corrected chi connectivity index (χ1v) is 14.0. The second kappa shape index (κ2) is 8.61. The monoisotopic (exact) mass is 569 g/mol. The zero-order chi connectivity index (χ0) is 27.5. The molecule has 37 heavy (non-hydrogen) atoms. The Bertz CT molecular complexity index is 1990. The average Bonchev–Trinajstić information content (AvgIpc) is 2.77. The summed E-state index contributed by atoms with van der Waals surface area (Å²) < 4.78 is 98.4. The normalized spacial score (nSPS) is 13.1. The van der Waals surface area contributed by atoms with E-state index in [-0.39, 0.29) is 16.8 Å². The number of hydrogen-bond donors (Lipinski definition) is 6. The topological polar surface area (TPSA) is 254 Å². The molecule has 0 unspecified atom stereocenters. The van der Waals surface area contributed by atoms with Crippen molar-refractivity contribution in [2.75, 3.05) is 5.73 Å². The minimum atomic E-state index is -5.06. The molecule has 194 valence electrons. The van der Waals surface area contributed by atoms with Gasteiger partial charge in [0.15, 0.2) is 0 Å². The molecule has 17 heteroatoms. The Labute approximate surface area is 208 Å². The summed E-state index contributed by atoms with van der Waals surface area (Å²) in [4.78, 5) is -2.55. The number of phenolic OH excluding ortho intramolecular Hbond substituents is 2. The second-order valence-corrected chi connectivity index (χ2v) is 11.8. The first-order chi connectivity index (χ1) is 17.0. The molecular weight excluding hydrogens is 554 g/mol. The molecule has 0 fully saturated rings. The lowest BCUT2D eigenvalue weighted by molar-refractivity contribution is 0.441. The van der Waals surface area contributed by atoms with Gasteiger partial charge >= 0.3 is 0 Å². The number of rotatable bonds is 5. The maximum absolute atomic E-state index is 11.8. The largest absolute Gasteiger partial charge is 0.506 e. The fourth-order valence-electron chi connectivity index (χ4n) is 3.60. The molecular formula is C20H15N3O11S3. The van der Waals surface area contributed by atoms with Crippen molar-refractivity contribution in [1.82, 2.24) is 0 Å². The van der Waals surface area contributed by atoms with Crippen LogP contribution in [-0.4, -0.2) is 49.1 Å². The quantitative estimate of drug-likeness (QED) is 0.115. The van der Waals surface area contributed by atoms with Crippen molar-refractivity contribution in [3.05, 3.63) is 48.5 Å². The summed E-state index contributed by atoms with van der Waals surface area (Å²) in [7, 11) is -14.7. The molecule has 0 saturated heterocycles. The van der Waals surface area contributed by atoms with Crippen LogP contribution in [0.15, 0.2) is 73.4 Å². The van der Waals surface area contributed by atoms with E-state index in [1.165, 1.54) is 18.2 Å². The van der Waals surface area contributed by atoms with Crippen LogP contribution < -0.4 is 5.73 Å². The predicted molar refractivity (Wildman–Crippen MR) is 129 cm³/mol. The van der Waals surface area contributed by atoms with E-state index in [9.17, 15) is 49.1 Å². The van der Waals surface area contributed by atoms with Gasteiger partial charge in [0, 0.05) is 21.8 Å². The number of benzene rings is 4. The number of nitrogen functional groups attached to an aromatic ring is 1. The molecule has 0 atom stereocenters. The summed E-state index contributed by atoms with van der Waals surface area (Å²) in [5.74, 6) is -2.16. The third kappa shape index (κ3) is 4.78. The number of azo groups is 1. The fraction of sp³-hybridized carbons (Fsp3) is 0. The predicted octanol–water partition coefficient (Wildman–Crippen LogP) is 3.14. The lowest BCUT2D eigenvalue weighted by Gasteiger charge is -2.12. The number of aromatic hydroxyl groups is 2. The maximum Gasteiger partial charge on any atom is 0.298 e. The van der Waals surface area contributed by atoms with Gasteiger partial charge in [-0.1, -0.05) is 6.07 Å². The van der Waals surface area contributed by atoms with Crippen LogP contribution in [0.25, 0.3) is 21.5 Å². The van der Waals surface area contributed by atoms with Gasteiger partial charge in [-0.05, 0) is 42.5 Å². The number of nitrogens with two attached hydrogens (primary N) is 1. The van der Waals surface area contributed by atoms with Gasteiger partial charge in [-0.3, -0.25) is 13.7 Å². The van der Waals surface area contributed by atoms with Crippen molar-refractivity contribution < 1.29 is 49.1 Å². The van der Waals surface area contributed by atoms with Crippen molar-refractivity contribution in [3.8, 4) is 11.5 Å². The molecule has 0 aliphatic rings. The first kappa shape index (κ1) is 26.2. The number of hydrogen-bond acceptors (Lipinski definition) is 11. The highest BCUT2D eigenvalue weighted by Gasteiger charge is 2.26. The van der Waals surface area contributed by atoms with Gasteiger partial charge in [-0.2, -0.15) is 25.3 Å². The van der Waals surface area contributed by atoms with Crippen LogP contribution in [0.3, 0.4) is 0 Å². The molecule has 0 saturated carbocycles. The van der Waals surface area contributed by atoms with E-state index >= 15 is 0 Å². The summed E-state index contributed by atoms with van der Waals surface area (Å²) in [6.45, 7) is 0. The summed E-state index contributed by atoms with van der Waals surface area (Å²) in [6, 6.07) is 8.25. The zero-order valence-electron chi connectivity index (χ0n) is 18.0.